The second-order valence-corrected chi connectivity index (χ2v) is 5.62. The van der Waals surface area contributed by atoms with E-state index in [9.17, 15) is 0 Å². The average molecular weight is 301 g/mol. The average Bonchev–Trinajstić information content (AvgIpc) is 2.33. The molecule has 0 heterocycles. The molecule has 0 aliphatic heterocycles. The molecule has 0 N–H and O–H groups in total. The number of hydrogen-bond donors (Lipinski definition) is 0. The second-order valence-electron chi connectivity index (χ2n) is 3.04. The molecule has 0 aromatic heterocycles. The van der Waals surface area contributed by atoms with Gasteiger partial charge in [-0.25, -0.2) is 0 Å². The molecule has 0 saturated carbocycles. The third-order valence-electron chi connectivity index (χ3n) is 1.69. The summed E-state index contributed by atoms with van der Waals surface area (Å²) in [4.78, 5) is 0. The monoisotopic (exact) mass is 300 g/mol. The van der Waals surface area contributed by atoms with Crippen LogP contribution in [0.25, 0.3) is 0 Å². The molecule has 0 bridgehead atoms. The van der Waals surface area contributed by atoms with Crippen LogP contribution in [0.15, 0.2) is 60.7 Å². The molecule has 0 aliphatic carbocycles. The summed E-state index contributed by atoms with van der Waals surface area (Å²) in [6, 6.07) is 19.7. The van der Waals surface area contributed by atoms with Crippen molar-refractivity contribution in [3.8, 4) is 0 Å². The van der Waals surface area contributed by atoms with Crippen LogP contribution in [0.5, 0.6) is 0 Å². The van der Waals surface area contributed by atoms with Crippen molar-refractivity contribution in [2.24, 2.45) is 0 Å². The molecule has 0 fully saturated rings. The van der Waals surface area contributed by atoms with Crippen LogP contribution >= 0.6 is 18.6 Å². The van der Waals surface area contributed by atoms with Crippen LogP contribution < -0.4 is 0 Å². The predicted octanol–water partition coefficient (Wildman–Crippen LogP) is 5.11. The minimum atomic E-state index is -0.556. The summed E-state index contributed by atoms with van der Waals surface area (Å²) in [5.74, 6) is 0. The van der Waals surface area contributed by atoms with Crippen molar-refractivity contribution in [2.45, 2.75) is 0 Å². The normalized spacial score (nSPS) is 7.88. The summed E-state index contributed by atoms with van der Waals surface area (Å²) >= 11 is -0.556. The molecule has 2 rings (SSSR count). The molecule has 0 radical (unpaired) electrons. The molecule has 0 saturated heterocycles. The molecule has 90 valence electrons. The Balaban J connectivity index is 0.000000247. The van der Waals surface area contributed by atoms with Crippen LogP contribution in [-0.2, 0) is 17.0 Å². The van der Waals surface area contributed by atoms with Gasteiger partial charge in [-0.15, -0.1) is 24.3 Å². The zero-order chi connectivity index (χ0) is 12.9. The van der Waals surface area contributed by atoms with Crippen LogP contribution in [0.1, 0.15) is 11.1 Å². The van der Waals surface area contributed by atoms with Gasteiger partial charge in [-0.05, 0) is 0 Å². The molecular formula is C14H14Cl2Ti-2. The van der Waals surface area contributed by atoms with Crippen molar-refractivity contribution in [1.82, 2.24) is 0 Å². The third-order valence-corrected chi connectivity index (χ3v) is 1.69. The first-order valence-electron chi connectivity index (χ1n) is 4.91. The van der Waals surface area contributed by atoms with Gasteiger partial charge in [-0.2, -0.15) is 49.2 Å². The van der Waals surface area contributed by atoms with Crippen LogP contribution in [0, 0.1) is 13.8 Å². The van der Waals surface area contributed by atoms with Gasteiger partial charge in [-0.3, -0.25) is 0 Å². The Bertz CT molecular complexity index is 325. The number of hydrogen-bond acceptors (Lipinski definition) is 0. The maximum absolute atomic E-state index is 4.89. The Morgan fingerprint density at radius 2 is 0.882 bits per heavy atom. The third kappa shape index (κ3) is 11.7. The van der Waals surface area contributed by atoms with E-state index in [1.54, 1.807) is 0 Å². The van der Waals surface area contributed by atoms with Gasteiger partial charge >= 0.3 is 35.6 Å². The van der Waals surface area contributed by atoms with E-state index in [1.165, 1.54) is 0 Å². The Morgan fingerprint density at radius 3 is 1.00 bits per heavy atom. The van der Waals surface area contributed by atoms with Gasteiger partial charge in [0.05, 0.1) is 0 Å². The molecule has 2 aromatic rings. The van der Waals surface area contributed by atoms with Gasteiger partial charge in [0.15, 0.2) is 0 Å². The standard InChI is InChI=1S/2C7H7.2ClH.Ti/c2*1-7-5-3-2-4-6-7;;;/h2*2-6H,1H2;2*1H;/q2*-1;;;+2/p-2. The zero-order valence-electron chi connectivity index (χ0n) is 9.44. The van der Waals surface area contributed by atoms with E-state index in [0.717, 1.165) is 11.1 Å². The van der Waals surface area contributed by atoms with Crippen LogP contribution in [0.4, 0.5) is 0 Å². The Hall–Kier alpha value is -0.526. The van der Waals surface area contributed by atoms with Gasteiger partial charge < -0.3 is 0 Å². The van der Waals surface area contributed by atoms with Gasteiger partial charge in [0, 0.05) is 0 Å². The van der Waals surface area contributed by atoms with E-state index in [1.807, 2.05) is 60.7 Å². The maximum atomic E-state index is 4.89. The number of halogens is 2. The van der Waals surface area contributed by atoms with Crippen molar-refractivity contribution >= 4 is 18.6 Å². The fourth-order valence-corrected chi connectivity index (χ4v) is 0.956. The summed E-state index contributed by atoms with van der Waals surface area (Å²) < 4.78 is 0. The molecule has 0 unspecified atom stereocenters. The van der Waals surface area contributed by atoms with Gasteiger partial charge in [-0.1, -0.05) is 12.1 Å². The SMILES string of the molecule is [CH2-]c1ccccc1.[CH2-]c1ccccc1.[Cl][Ti][Cl]. The van der Waals surface area contributed by atoms with Crippen molar-refractivity contribution in [2.75, 3.05) is 0 Å². The zero-order valence-corrected chi connectivity index (χ0v) is 12.5. The molecule has 3 heteroatoms. The molecule has 2 aromatic carbocycles. The van der Waals surface area contributed by atoms with E-state index < -0.39 is 17.0 Å². The predicted molar refractivity (Wildman–Crippen MR) is 73.5 cm³/mol. The number of benzene rings is 2. The summed E-state index contributed by atoms with van der Waals surface area (Å²) in [6.07, 6.45) is 0. The van der Waals surface area contributed by atoms with E-state index >= 15 is 0 Å². The van der Waals surface area contributed by atoms with E-state index in [2.05, 4.69) is 13.8 Å². The molecule has 0 aliphatic rings. The molecule has 0 nitrogen and oxygen atoms in total. The van der Waals surface area contributed by atoms with Crippen LogP contribution in [0.3, 0.4) is 0 Å². The van der Waals surface area contributed by atoms with Crippen molar-refractivity contribution in [1.29, 1.82) is 0 Å². The summed E-state index contributed by atoms with van der Waals surface area (Å²) in [7, 11) is 9.78. The topological polar surface area (TPSA) is 0 Å². The number of rotatable bonds is 0. The second kappa shape index (κ2) is 11.9. The molecule has 0 spiro atoms. The van der Waals surface area contributed by atoms with Crippen LogP contribution in [0.2, 0.25) is 0 Å². The summed E-state index contributed by atoms with van der Waals surface area (Å²) in [5.41, 5.74) is 2.14. The van der Waals surface area contributed by atoms with Crippen LogP contribution in [-0.4, -0.2) is 0 Å². The van der Waals surface area contributed by atoms with Gasteiger partial charge in [0.2, 0.25) is 0 Å². The molecule has 17 heavy (non-hydrogen) atoms. The van der Waals surface area contributed by atoms with Crippen molar-refractivity contribution in [3.05, 3.63) is 85.6 Å². The van der Waals surface area contributed by atoms with E-state index in [-0.39, 0.29) is 0 Å². The van der Waals surface area contributed by atoms with Crippen molar-refractivity contribution in [3.63, 3.8) is 0 Å². The fourth-order valence-electron chi connectivity index (χ4n) is 0.956. The fraction of sp³-hybridized carbons (Fsp3) is 0. The minimum absolute atomic E-state index is 0.556. The summed E-state index contributed by atoms with van der Waals surface area (Å²) in [5, 5.41) is 0. The first-order valence-corrected chi connectivity index (χ1v) is 9.20. The molecule has 0 atom stereocenters. The molecule has 0 amide bonds. The first-order chi connectivity index (χ1) is 8.20. The van der Waals surface area contributed by atoms with Gasteiger partial charge in [0.25, 0.3) is 0 Å². The van der Waals surface area contributed by atoms with E-state index in [4.69, 9.17) is 18.6 Å². The Labute approximate surface area is 121 Å². The van der Waals surface area contributed by atoms with Crippen molar-refractivity contribution < 1.29 is 17.0 Å². The van der Waals surface area contributed by atoms with Gasteiger partial charge in [0.1, 0.15) is 0 Å². The first kappa shape index (κ1) is 16.5. The molecular weight excluding hydrogens is 287 g/mol. The quantitative estimate of drug-likeness (QED) is 0.468. The summed E-state index contributed by atoms with van der Waals surface area (Å²) in [6.45, 7) is 7.44. The Morgan fingerprint density at radius 1 is 0.647 bits per heavy atom. The van der Waals surface area contributed by atoms with E-state index in [0.29, 0.717) is 0 Å². The Kier molecular flexibility index (Phi) is 11.6.